The van der Waals surface area contributed by atoms with Crippen molar-refractivity contribution in [3.05, 3.63) is 54.1 Å². The normalized spacial score (nSPS) is 15.9. The first kappa shape index (κ1) is 18.6. The van der Waals surface area contributed by atoms with E-state index in [0.29, 0.717) is 13.2 Å². The molecule has 2 aromatic carbocycles. The van der Waals surface area contributed by atoms with Crippen molar-refractivity contribution in [1.82, 2.24) is 9.88 Å². The molecule has 1 saturated heterocycles. The summed E-state index contributed by atoms with van der Waals surface area (Å²) in [6.45, 7) is 6.98. The Labute approximate surface area is 167 Å². The third-order valence-electron chi connectivity index (χ3n) is 4.95. The quantitative estimate of drug-likeness (QED) is 0.581. The summed E-state index contributed by atoms with van der Waals surface area (Å²) in [4.78, 5) is 21.0. The van der Waals surface area contributed by atoms with Crippen LogP contribution in [-0.2, 0) is 4.74 Å². The molecule has 4 rings (SSSR count). The van der Waals surface area contributed by atoms with Crippen LogP contribution in [0.25, 0.3) is 10.2 Å². The molecule has 0 spiro atoms. The van der Waals surface area contributed by atoms with Crippen molar-refractivity contribution in [3.8, 4) is 0 Å². The molecule has 0 N–H and O–H groups in total. The molecule has 1 aliphatic rings. The Bertz CT molecular complexity index is 911. The second-order valence-electron chi connectivity index (χ2n) is 7.06. The van der Waals surface area contributed by atoms with E-state index in [2.05, 4.69) is 16.0 Å². The van der Waals surface area contributed by atoms with Crippen LogP contribution in [0.2, 0.25) is 0 Å². The van der Waals surface area contributed by atoms with Crippen LogP contribution >= 0.6 is 23.1 Å². The minimum absolute atomic E-state index is 0.154. The molecule has 2 heterocycles. The largest absolute Gasteiger partial charge is 0.379 e. The van der Waals surface area contributed by atoms with Gasteiger partial charge in [-0.25, -0.2) is 4.98 Å². The molecule has 6 heteroatoms. The Balaban J connectivity index is 1.48. The molecule has 0 amide bonds. The topological polar surface area (TPSA) is 42.4 Å². The summed E-state index contributed by atoms with van der Waals surface area (Å²) in [6, 6.07) is 16.1. The summed E-state index contributed by atoms with van der Waals surface area (Å²) in [5, 5.41) is 0. The van der Waals surface area contributed by atoms with Crippen molar-refractivity contribution in [2.24, 2.45) is 0 Å². The van der Waals surface area contributed by atoms with E-state index in [9.17, 15) is 4.79 Å². The van der Waals surface area contributed by atoms with Gasteiger partial charge in [0.05, 0.1) is 29.0 Å². The fourth-order valence-corrected chi connectivity index (χ4v) is 5.33. The number of para-hydroxylation sites is 1. The molecular weight excluding hydrogens is 376 g/mol. The van der Waals surface area contributed by atoms with Gasteiger partial charge in [-0.1, -0.05) is 36.0 Å². The summed E-state index contributed by atoms with van der Waals surface area (Å²) in [6.07, 6.45) is 0. The molecular formula is C21H22N2O2S2. The van der Waals surface area contributed by atoms with Crippen LogP contribution < -0.4 is 0 Å². The molecule has 0 unspecified atom stereocenters. The highest BCUT2D eigenvalue weighted by Gasteiger charge is 2.35. The number of fused-ring (bicyclic) bond motifs is 1. The number of hydrogen-bond donors (Lipinski definition) is 0. The lowest BCUT2D eigenvalue weighted by molar-refractivity contribution is -0.00430. The van der Waals surface area contributed by atoms with E-state index < -0.39 is 5.54 Å². The summed E-state index contributed by atoms with van der Waals surface area (Å²) in [7, 11) is 0. The highest BCUT2D eigenvalue weighted by molar-refractivity contribution is 8.01. The Morgan fingerprint density at radius 3 is 2.52 bits per heavy atom. The number of hydrogen-bond acceptors (Lipinski definition) is 6. The lowest BCUT2D eigenvalue weighted by Crippen LogP contribution is -2.54. The maximum absolute atomic E-state index is 13.1. The van der Waals surface area contributed by atoms with E-state index in [4.69, 9.17) is 4.74 Å². The molecule has 0 atom stereocenters. The van der Waals surface area contributed by atoms with Gasteiger partial charge in [-0.15, -0.1) is 11.3 Å². The Kier molecular flexibility index (Phi) is 5.32. The standard InChI is InChI=1S/C21H22N2O2S2/c1-21(2,23-11-13-25-14-12-23)19(24)15-7-9-16(10-8-15)26-20-22-17-5-3-4-6-18(17)27-20/h3-10H,11-14H2,1-2H3. The summed E-state index contributed by atoms with van der Waals surface area (Å²) >= 11 is 3.33. The number of thiazole rings is 1. The first-order valence-electron chi connectivity index (χ1n) is 9.05. The van der Waals surface area contributed by atoms with E-state index >= 15 is 0 Å². The fourth-order valence-electron chi connectivity index (χ4n) is 3.29. The molecule has 27 heavy (non-hydrogen) atoms. The highest BCUT2D eigenvalue weighted by atomic mass is 32.2. The van der Waals surface area contributed by atoms with Gasteiger partial charge in [0.25, 0.3) is 0 Å². The lowest BCUT2D eigenvalue weighted by Gasteiger charge is -2.39. The number of carbonyl (C=O) groups excluding carboxylic acids is 1. The van der Waals surface area contributed by atoms with Gasteiger partial charge in [0.15, 0.2) is 10.1 Å². The first-order valence-corrected chi connectivity index (χ1v) is 10.7. The summed E-state index contributed by atoms with van der Waals surface area (Å²) in [5.41, 5.74) is 1.26. The van der Waals surface area contributed by atoms with Crippen molar-refractivity contribution < 1.29 is 9.53 Å². The second-order valence-corrected chi connectivity index (χ2v) is 9.41. The van der Waals surface area contributed by atoms with Crippen molar-refractivity contribution in [1.29, 1.82) is 0 Å². The molecule has 0 saturated carbocycles. The summed E-state index contributed by atoms with van der Waals surface area (Å²) in [5.74, 6) is 0.154. The zero-order chi connectivity index (χ0) is 18.9. The van der Waals surface area contributed by atoms with Crippen LogP contribution in [0, 0.1) is 0 Å². The first-order chi connectivity index (χ1) is 13.0. The maximum atomic E-state index is 13.1. The van der Waals surface area contributed by atoms with Gasteiger partial charge in [-0.3, -0.25) is 9.69 Å². The van der Waals surface area contributed by atoms with Crippen LogP contribution in [0.5, 0.6) is 0 Å². The number of nitrogens with zero attached hydrogens (tertiary/aromatic N) is 2. The number of morpholine rings is 1. The number of aromatic nitrogens is 1. The van der Waals surface area contributed by atoms with Gasteiger partial charge >= 0.3 is 0 Å². The molecule has 1 fully saturated rings. The number of ketones is 1. The maximum Gasteiger partial charge on any atom is 0.182 e. The molecule has 3 aromatic rings. The van der Waals surface area contributed by atoms with Crippen LogP contribution in [0.3, 0.4) is 0 Å². The molecule has 1 aliphatic heterocycles. The van der Waals surface area contributed by atoms with Crippen molar-refractivity contribution in [2.75, 3.05) is 26.3 Å². The average Bonchev–Trinajstić information content (AvgIpc) is 3.11. The minimum atomic E-state index is -0.522. The number of rotatable bonds is 5. The molecule has 4 nitrogen and oxygen atoms in total. The van der Waals surface area contributed by atoms with E-state index in [1.807, 2.05) is 56.3 Å². The second kappa shape index (κ2) is 7.72. The predicted octanol–water partition coefficient (Wildman–Crippen LogP) is 4.74. The van der Waals surface area contributed by atoms with Gasteiger partial charge in [0.2, 0.25) is 0 Å². The summed E-state index contributed by atoms with van der Waals surface area (Å²) < 4.78 is 7.62. The van der Waals surface area contributed by atoms with Gasteiger partial charge in [-0.2, -0.15) is 0 Å². The fraction of sp³-hybridized carbons (Fsp3) is 0.333. The number of carbonyl (C=O) groups is 1. The van der Waals surface area contributed by atoms with Gasteiger partial charge in [-0.05, 0) is 38.1 Å². The van der Waals surface area contributed by atoms with Crippen molar-refractivity contribution in [2.45, 2.75) is 28.6 Å². The molecule has 140 valence electrons. The highest BCUT2D eigenvalue weighted by Crippen LogP contribution is 2.34. The minimum Gasteiger partial charge on any atom is -0.379 e. The van der Waals surface area contributed by atoms with E-state index in [1.165, 1.54) is 4.70 Å². The third kappa shape index (κ3) is 3.94. The van der Waals surface area contributed by atoms with Gasteiger partial charge < -0.3 is 4.74 Å². The van der Waals surface area contributed by atoms with Crippen LogP contribution in [0.15, 0.2) is 57.8 Å². The predicted molar refractivity (Wildman–Crippen MR) is 111 cm³/mol. The third-order valence-corrected chi connectivity index (χ3v) is 7.06. The molecule has 0 radical (unpaired) electrons. The molecule has 1 aromatic heterocycles. The SMILES string of the molecule is CC(C)(C(=O)c1ccc(Sc2nc3ccccc3s2)cc1)N1CCOCC1. The van der Waals surface area contributed by atoms with E-state index in [-0.39, 0.29) is 5.78 Å². The van der Waals surface area contributed by atoms with Crippen LogP contribution in [0.4, 0.5) is 0 Å². The van der Waals surface area contributed by atoms with E-state index in [0.717, 1.165) is 33.4 Å². The number of ether oxygens (including phenoxy) is 1. The van der Waals surface area contributed by atoms with Crippen molar-refractivity contribution in [3.63, 3.8) is 0 Å². The Morgan fingerprint density at radius 1 is 1.11 bits per heavy atom. The number of benzene rings is 2. The van der Waals surface area contributed by atoms with Crippen molar-refractivity contribution >= 4 is 39.1 Å². The van der Waals surface area contributed by atoms with Gasteiger partial charge in [0, 0.05) is 23.5 Å². The molecule has 0 aliphatic carbocycles. The molecule has 0 bridgehead atoms. The van der Waals surface area contributed by atoms with Gasteiger partial charge in [0.1, 0.15) is 0 Å². The van der Waals surface area contributed by atoms with Crippen LogP contribution in [0.1, 0.15) is 24.2 Å². The van der Waals surface area contributed by atoms with E-state index in [1.54, 1.807) is 23.1 Å². The smallest absolute Gasteiger partial charge is 0.182 e. The lowest BCUT2D eigenvalue weighted by atomic mass is 9.91. The Hall–Kier alpha value is -1.73. The Morgan fingerprint density at radius 2 is 1.81 bits per heavy atom. The zero-order valence-corrected chi connectivity index (χ0v) is 17.1. The number of Topliss-reactive ketones (excluding diaryl/α,β-unsaturated/α-hetero) is 1. The zero-order valence-electron chi connectivity index (χ0n) is 15.5. The van der Waals surface area contributed by atoms with Crippen LogP contribution in [-0.4, -0.2) is 47.5 Å². The average molecular weight is 399 g/mol. The monoisotopic (exact) mass is 398 g/mol.